The molecule has 0 atom stereocenters. The van der Waals surface area contributed by atoms with Crippen molar-refractivity contribution in [3.8, 4) is 0 Å². The minimum absolute atomic E-state index is 0.264. The smallest absolute Gasteiger partial charge is 0.330 e. The topological polar surface area (TPSA) is 26.3 Å². The van der Waals surface area contributed by atoms with Gasteiger partial charge in [0.1, 0.15) is 5.60 Å². The van der Waals surface area contributed by atoms with Crippen molar-refractivity contribution in [3.05, 3.63) is 12.2 Å². The zero-order valence-electron chi connectivity index (χ0n) is 7.68. The average Bonchev–Trinajstić information content (AvgIpc) is 1.87. The molecule has 2 nitrogen and oxygen atoms in total. The van der Waals surface area contributed by atoms with Crippen LogP contribution in [0.5, 0.6) is 0 Å². The lowest BCUT2D eigenvalue weighted by molar-refractivity contribution is -0.150. The first-order valence-electron chi connectivity index (χ1n) is 3.87. The van der Waals surface area contributed by atoms with Crippen LogP contribution in [0.2, 0.25) is 0 Å². The van der Waals surface area contributed by atoms with Crippen LogP contribution < -0.4 is 0 Å². The molecule has 0 aromatic heterocycles. The molecule has 0 unspecified atom stereocenters. The number of hydrogen-bond donors (Lipinski definition) is 0. The standard InChI is InChI=1S/C9H16O2/c1-5-7-8(10)11-9(3,4)6-2/h5,7H,6H2,1-4H3. The molecule has 0 radical (unpaired) electrons. The Bertz CT molecular complexity index is 157. The van der Waals surface area contributed by atoms with E-state index in [1.54, 1.807) is 13.0 Å². The first-order chi connectivity index (χ1) is 5.02. The lowest BCUT2D eigenvalue weighted by atomic mass is 10.1. The van der Waals surface area contributed by atoms with Crippen molar-refractivity contribution in [1.82, 2.24) is 0 Å². The summed E-state index contributed by atoms with van der Waals surface area (Å²) >= 11 is 0. The molecule has 0 N–H and O–H groups in total. The van der Waals surface area contributed by atoms with Gasteiger partial charge in [0.05, 0.1) is 0 Å². The van der Waals surface area contributed by atoms with Crippen molar-refractivity contribution < 1.29 is 9.53 Å². The van der Waals surface area contributed by atoms with Gasteiger partial charge in [0.25, 0.3) is 0 Å². The van der Waals surface area contributed by atoms with Gasteiger partial charge in [-0.1, -0.05) is 13.0 Å². The van der Waals surface area contributed by atoms with Gasteiger partial charge in [-0.25, -0.2) is 4.79 Å². The van der Waals surface area contributed by atoms with E-state index in [9.17, 15) is 4.79 Å². The third kappa shape index (κ3) is 4.59. The minimum Gasteiger partial charge on any atom is -0.457 e. The third-order valence-corrected chi connectivity index (χ3v) is 1.53. The van der Waals surface area contributed by atoms with Crippen molar-refractivity contribution in [1.29, 1.82) is 0 Å². The normalized spacial score (nSPS) is 12.0. The van der Waals surface area contributed by atoms with Crippen LogP contribution in [0.4, 0.5) is 0 Å². The molecule has 2 heteroatoms. The Morgan fingerprint density at radius 3 is 2.45 bits per heavy atom. The molecule has 0 bridgehead atoms. The van der Waals surface area contributed by atoms with Gasteiger partial charge in [-0.2, -0.15) is 0 Å². The van der Waals surface area contributed by atoms with E-state index in [1.807, 2.05) is 20.8 Å². The van der Waals surface area contributed by atoms with Gasteiger partial charge in [-0.15, -0.1) is 0 Å². The molecule has 0 saturated carbocycles. The summed E-state index contributed by atoms with van der Waals surface area (Å²) in [6.07, 6.45) is 3.93. The van der Waals surface area contributed by atoms with Gasteiger partial charge in [0, 0.05) is 6.08 Å². The summed E-state index contributed by atoms with van der Waals surface area (Å²) in [6, 6.07) is 0. The maximum absolute atomic E-state index is 10.9. The molecule has 0 spiro atoms. The van der Waals surface area contributed by atoms with E-state index < -0.39 is 0 Å². The molecule has 11 heavy (non-hydrogen) atoms. The van der Waals surface area contributed by atoms with Gasteiger partial charge in [-0.05, 0) is 27.2 Å². The predicted octanol–water partition coefficient (Wildman–Crippen LogP) is 2.29. The monoisotopic (exact) mass is 156 g/mol. The molecule has 0 heterocycles. The number of esters is 1. The van der Waals surface area contributed by atoms with Crippen LogP contribution in [0.25, 0.3) is 0 Å². The first-order valence-corrected chi connectivity index (χ1v) is 3.87. The number of carbonyl (C=O) groups is 1. The van der Waals surface area contributed by atoms with Crippen LogP contribution in [0.3, 0.4) is 0 Å². The van der Waals surface area contributed by atoms with E-state index in [0.717, 1.165) is 6.42 Å². The van der Waals surface area contributed by atoms with Crippen molar-refractivity contribution in [2.75, 3.05) is 0 Å². The van der Waals surface area contributed by atoms with Crippen LogP contribution in [-0.2, 0) is 9.53 Å². The maximum Gasteiger partial charge on any atom is 0.330 e. The zero-order valence-corrected chi connectivity index (χ0v) is 7.68. The summed E-state index contributed by atoms with van der Waals surface area (Å²) in [7, 11) is 0. The largest absolute Gasteiger partial charge is 0.457 e. The zero-order chi connectivity index (χ0) is 8.91. The van der Waals surface area contributed by atoms with E-state index in [1.165, 1.54) is 6.08 Å². The highest BCUT2D eigenvalue weighted by Crippen LogP contribution is 2.13. The van der Waals surface area contributed by atoms with E-state index in [0.29, 0.717) is 0 Å². The summed E-state index contributed by atoms with van der Waals surface area (Å²) in [4.78, 5) is 10.9. The Balaban J connectivity index is 3.93. The van der Waals surface area contributed by atoms with Gasteiger partial charge >= 0.3 is 5.97 Å². The summed E-state index contributed by atoms with van der Waals surface area (Å²) in [6.45, 7) is 7.58. The number of allylic oxidation sites excluding steroid dienone is 1. The molecule has 0 saturated heterocycles. The Hall–Kier alpha value is -0.790. The van der Waals surface area contributed by atoms with Crippen molar-refractivity contribution in [2.24, 2.45) is 0 Å². The average molecular weight is 156 g/mol. The molecule has 0 aliphatic heterocycles. The Morgan fingerprint density at radius 1 is 1.55 bits per heavy atom. The van der Waals surface area contributed by atoms with E-state index in [-0.39, 0.29) is 11.6 Å². The fourth-order valence-corrected chi connectivity index (χ4v) is 0.515. The Kier molecular flexibility index (Phi) is 3.86. The number of hydrogen-bond acceptors (Lipinski definition) is 2. The summed E-state index contributed by atoms with van der Waals surface area (Å²) in [5.41, 5.74) is -0.337. The summed E-state index contributed by atoms with van der Waals surface area (Å²) < 4.78 is 5.10. The lowest BCUT2D eigenvalue weighted by Crippen LogP contribution is -2.25. The molecule has 0 aromatic rings. The van der Waals surface area contributed by atoms with Crippen molar-refractivity contribution in [3.63, 3.8) is 0 Å². The molecule has 0 fully saturated rings. The second-order valence-corrected chi connectivity index (χ2v) is 3.03. The fraction of sp³-hybridized carbons (Fsp3) is 0.667. The highest BCUT2D eigenvalue weighted by molar-refractivity contribution is 5.82. The molecule has 0 amide bonds. The van der Waals surface area contributed by atoms with Gasteiger partial charge < -0.3 is 4.74 Å². The highest BCUT2D eigenvalue weighted by Gasteiger charge is 2.18. The van der Waals surface area contributed by atoms with Gasteiger partial charge in [0.2, 0.25) is 0 Å². The second-order valence-electron chi connectivity index (χ2n) is 3.03. The summed E-state index contributed by atoms with van der Waals surface area (Å²) in [5.74, 6) is -0.264. The van der Waals surface area contributed by atoms with Crippen molar-refractivity contribution >= 4 is 5.97 Å². The molecule has 0 aliphatic rings. The van der Waals surface area contributed by atoms with E-state index in [2.05, 4.69) is 0 Å². The minimum atomic E-state index is -0.337. The number of carbonyl (C=O) groups excluding carboxylic acids is 1. The second kappa shape index (κ2) is 4.16. The Morgan fingerprint density at radius 2 is 2.09 bits per heavy atom. The third-order valence-electron chi connectivity index (χ3n) is 1.53. The first kappa shape index (κ1) is 10.2. The highest BCUT2D eigenvalue weighted by atomic mass is 16.6. The van der Waals surface area contributed by atoms with E-state index >= 15 is 0 Å². The summed E-state index contributed by atoms with van der Waals surface area (Å²) in [5, 5.41) is 0. The van der Waals surface area contributed by atoms with E-state index in [4.69, 9.17) is 4.74 Å². The lowest BCUT2D eigenvalue weighted by Gasteiger charge is -2.22. The van der Waals surface area contributed by atoms with Crippen LogP contribution in [0, 0.1) is 0 Å². The Labute approximate surface area is 68.2 Å². The quantitative estimate of drug-likeness (QED) is 0.463. The molecule has 0 aromatic carbocycles. The maximum atomic E-state index is 10.9. The SMILES string of the molecule is CC=CC(=O)OC(C)(C)CC. The van der Waals surface area contributed by atoms with Gasteiger partial charge in [-0.3, -0.25) is 0 Å². The molecular formula is C9H16O2. The fourth-order valence-electron chi connectivity index (χ4n) is 0.515. The van der Waals surface area contributed by atoms with Crippen LogP contribution in [0.1, 0.15) is 34.1 Å². The molecular weight excluding hydrogens is 140 g/mol. The molecule has 0 rings (SSSR count). The van der Waals surface area contributed by atoms with Gasteiger partial charge in [0.15, 0.2) is 0 Å². The van der Waals surface area contributed by atoms with Crippen molar-refractivity contribution in [2.45, 2.75) is 39.7 Å². The van der Waals surface area contributed by atoms with Crippen LogP contribution >= 0.6 is 0 Å². The predicted molar refractivity (Wildman–Crippen MR) is 45.3 cm³/mol. The molecule has 64 valence electrons. The molecule has 0 aliphatic carbocycles. The number of rotatable bonds is 3. The van der Waals surface area contributed by atoms with Crippen LogP contribution in [-0.4, -0.2) is 11.6 Å². The van der Waals surface area contributed by atoms with Crippen LogP contribution in [0.15, 0.2) is 12.2 Å². The number of ether oxygens (including phenoxy) is 1.